The first-order valence-electron chi connectivity index (χ1n) is 11.3. The number of carbonyl (C=O) groups is 2. The van der Waals surface area contributed by atoms with Gasteiger partial charge >= 0.3 is 0 Å². The summed E-state index contributed by atoms with van der Waals surface area (Å²) in [5, 5.41) is 4.65. The topological polar surface area (TPSA) is 65.5 Å². The van der Waals surface area contributed by atoms with Crippen molar-refractivity contribution in [3.05, 3.63) is 64.2 Å². The van der Waals surface area contributed by atoms with Gasteiger partial charge < -0.3 is 4.90 Å². The number of piperazine rings is 1. The molecule has 2 fully saturated rings. The van der Waals surface area contributed by atoms with E-state index < -0.39 is 0 Å². The smallest absolute Gasteiger partial charge is 0.290 e. The number of hydrogen-bond donors (Lipinski definition) is 1. The van der Waals surface area contributed by atoms with Gasteiger partial charge in [-0.05, 0) is 66.9 Å². The van der Waals surface area contributed by atoms with Gasteiger partial charge in [-0.15, -0.1) is 0 Å². The van der Waals surface area contributed by atoms with E-state index in [9.17, 15) is 9.59 Å². The number of carbonyl (C=O) groups excluding carboxylic acids is 2. The summed E-state index contributed by atoms with van der Waals surface area (Å²) in [5.74, 6) is -0.363. The van der Waals surface area contributed by atoms with Crippen molar-refractivity contribution in [1.29, 1.82) is 0 Å². The Bertz CT molecular complexity index is 1320. The molecule has 6 nitrogen and oxygen atoms in total. The second-order valence-corrected chi connectivity index (χ2v) is 10.2. The molecule has 0 bridgehead atoms. The molecular weight excluding hydrogens is 468 g/mol. The van der Waals surface area contributed by atoms with E-state index in [1.165, 1.54) is 0 Å². The van der Waals surface area contributed by atoms with Crippen molar-refractivity contribution in [3.8, 4) is 11.3 Å². The summed E-state index contributed by atoms with van der Waals surface area (Å²) in [6.07, 6.45) is 3.52. The maximum Gasteiger partial charge on any atom is 0.290 e. The van der Waals surface area contributed by atoms with Crippen LogP contribution in [-0.2, 0) is 4.79 Å². The van der Waals surface area contributed by atoms with Crippen LogP contribution in [0.5, 0.6) is 0 Å². The Morgan fingerprint density at radius 3 is 2.53 bits per heavy atom. The summed E-state index contributed by atoms with van der Waals surface area (Å²) < 4.78 is 0. The van der Waals surface area contributed by atoms with Crippen LogP contribution in [0.15, 0.2) is 53.6 Å². The van der Waals surface area contributed by atoms with Gasteiger partial charge in [0.25, 0.3) is 11.1 Å². The third-order valence-electron chi connectivity index (χ3n) is 6.34. The number of nitrogens with zero attached hydrogens (tertiary/aromatic N) is 3. The number of nitrogens with one attached hydrogen (secondary N) is 1. The van der Waals surface area contributed by atoms with Gasteiger partial charge in [-0.2, -0.15) is 0 Å². The standard InChI is InChI=1S/C26H25ClN4O2S/c1-16(2)30-9-11-31(12-10-30)22-6-5-19(15-21(22)27)24-20-13-17(3-4-18(20)7-8-28-24)14-23-25(32)29-26(33)34-23/h3-8,13-16H,9-12H2,1-2H3,(H,29,32,33). The maximum atomic E-state index is 11.9. The minimum Gasteiger partial charge on any atom is -0.368 e. The SMILES string of the molecule is CC(C)N1CCN(c2ccc(-c3nccc4ccc(C=C5SC(=O)NC5=O)cc34)cc2Cl)CC1. The van der Waals surface area contributed by atoms with E-state index in [0.29, 0.717) is 16.0 Å². The van der Waals surface area contributed by atoms with Gasteiger partial charge in [-0.3, -0.25) is 24.8 Å². The summed E-state index contributed by atoms with van der Waals surface area (Å²) in [4.78, 5) is 33.3. The fourth-order valence-electron chi connectivity index (χ4n) is 4.47. The fraction of sp³-hybridized carbons (Fsp3) is 0.269. The van der Waals surface area contributed by atoms with Crippen molar-refractivity contribution < 1.29 is 9.59 Å². The number of amides is 2. The Kier molecular flexibility index (Phi) is 6.34. The molecule has 0 unspecified atom stereocenters. The lowest BCUT2D eigenvalue weighted by molar-refractivity contribution is -0.115. The first-order chi connectivity index (χ1) is 16.4. The van der Waals surface area contributed by atoms with Crippen LogP contribution in [0, 0.1) is 0 Å². The lowest BCUT2D eigenvalue weighted by atomic mass is 10.0. The van der Waals surface area contributed by atoms with Gasteiger partial charge in [-0.25, -0.2) is 0 Å². The molecule has 0 atom stereocenters. The van der Waals surface area contributed by atoms with Crippen LogP contribution in [0.3, 0.4) is 0 Å². The van der Waals surface area contributed by atoms with Gasteiger partial charge in [0.2, 0.25) is 0 Å². The number of hydrogen-bond acceptors (Lipinski definition) is 6. The van der Waals surface area contributed by atoms with E-state index >= 15 is 0 Å². The van der Waals surface area contributed by atoms with E-state index in [0.717, 1.165) is 71.2 Å². The highest BCUT2D eigenvalue weighted by molar-refractivity contribution is 8.18. The second-order valence-electron chi connectivity index (χ2n) is 8.78. The number of aromatic nitrogens is 1. The number of rotatable bonds is 4. The summed E-state index contributed by atoms with van der Waals surface area (Å²) >= 11 is 7.68. The van der Waals surface area contributed by atoms with Gasteiger partial charge in [0.05, 0.1) is 21.3 Å². The number of thioether (sulfide) groups is 1. The summed E-state index contributed by atoms with van der Waals surface area (Å²) in [6.45, 7) is 8.43. The zero-order chi connectivity index (χ0) is 23.8. The third-order valence-corrected chi connectivity index (χ3v) is 7.45. The Balaban J connectivity index is 1.46. The molecule has 34 heavy (non-hydrogen) atoms. The molecule has 8 heteroatoms. The molecule has 1 aromatic heterocycles. The first kappa shape index (κ1) is 22.9. The molecule has 2 saturated heterocycles. The van der Waals surface area contributed by atoms with Crippen LogP contribution in [0.1, 0.15) is 19.4 Å². The molecule has 174 valence electrons. The molecule has 0 aliphatic carbocycles. The third kappa shape index (κ3) is 4.56. The van der Waals surface area contributed by atoms with Crippen molar-refractivity contribution in [1.82, 2.24) is 15.2 Å². The van der Waals surface area contributed by atoms with E-state index in [1.807, 2.05) is 30.3 Å². The Morgan fingerprint density at radius 2 is 1.85 bits per heavy atom. The predicted octanol–water partition coefficient (Wildman–Crippen LogP) is 5.41. The lowest BCUT2D eigenvalue weighted by Crippen LogP contribution is -2.49. The maximum absolute atomic E-state index is 11.9. The van der Waals surface area contributed by atoms with Crippen LogP contribution < -0.4 is 10.2 Å². The van der Waals surface area contributed by atoms with E-state index in [4.69, 9.17) is 11.6 Å². The summed E-state index contributed by atoms with van der Waals surface area (Å²) in [5.41, 5.74) is 3.65. The van der Waals surface area contributed by atoms with Crippen LogP contribution >= 0.6 is 23.4 Å². The second kappa shape index (κ2) is 9.41. The van der Waals surface area contributed by atoms with Gasteiger partial charge in [0.15, 0.2) is 0 Å². The van der Waals surface area contributed by atoms with Gasteiger partial charge in [0.1, 0.15) is 0 Å². The van der Waals surface area contributed by atoms with E-state index in [2.05, 4.69) is 46.1 Å². The highest BCUT2D eigenvalue weighted by Crippen LogP contribution is 2.35. The molecule has 0 radical (unpaired) electrons. The molecule has 2 aromatic carbocycles. The molecule has 2 amide bonds. The molecular formula is C26H25ClN4O2S. The van der Waals surface area contributed by atoms with Gasteiger partial charge in [-0.1, -0.05) is 29.8 Å². The summed E-state index contributed by atoms with van der Waals surface area (Å²) in [7, 11) is 0. The highest BCUT2D eigenvalue weighted by atomic mass is 35.5. The molecule has 3 heterocycles. The van der Waals surface area contributed by atoms with Crippen molar-refractivity contribution in [2.24, 2.45) is 0 Å². The van der Waals surface area contributed by atoms with E-state index in [1.54, 1.807) is 12.3 Å². The quantitative estimate of drug-likeness (QED) is 0.491. The molecule has 0 spiro atoms. The van der Waals surface area contributed by atoms with Crippen molar-refractivity contribution in [2.45, 2.75) is 19.9 Å². The van der Waals surface area contributed by atoms with Crippen molar-refractivity contribution in [3.63, 3.8) is 0 Å². The molecule has 2 aliphatic rings. The molecule has 1 N–H and O–H groups in total. The number of imide groups is 1. The molecule has 3 aromatic rings. The molecule has 0 saturated carbocycles. The van der Waals surface area contributed by atoms with Crippen LogP contribution in [0.2, 0.25) is 5.02 Å². The number of anilines is 1. The van der Waals surface area contributed by atoms with Crippen molar-refractivity contribution >= 4 is 57.0 Å². The average Bonchev–Trinajstić information content (AvgIpc) is 3.15. The predicted molar refractivity (Wildman–Crippen MR) is 140 cm³/mol. The van der Waals surface area contributed by atoms with Crippen LogP contribution in [0.4, 0.5) is 10.5 Å². The zero-order valence-corrected chi connectivity index (χ0v) is 20.6. The average molecular weight is 493 g/mol. The van der Waals surface area contributed by atoms with Crippen molar-refractivity contribution in [2.75, 3.05) is 31.1 Å². The largest absolute Gasteiger partial charge is 0.368 e. The Morgan fingerprint density at radius 1 is 1.06 bits per heavy atom. The molecule has 5 rings (SSSR count). The highest BCUT2D eigenvalue weighted by Gasteiger charge is 2.25. The summed E-state index contributed by atoms with van der Waals surface area (Å²) in [6, 6.07) is 14.6. The first-order valence-corrected chi connectivity index (χ1v) is 12.5. The number of halogens is 1. The molecule has 2 aliphatic heterocycles. The van der Waals surface area contributed by atoms with Crippen LogP contribution in [-0.4, -0.2) is 53.3 Å². The fourth-order valence-corrected chi connectivity index (χ4v) is 5.45. The Hall–Kier alpha value is -2.87. The van der Waals surface area contributed by atoms with E-state index in [-0.39, 0.29) is 11.1 Å². The zero-order valence-electron chi connectivity index (χ0n) is 19.0. The lowest BCUT2D eigenvalue weighted by Gasteiger charge is -2.38. The Labute approximate surface area is 208 Å². The number of benzene rings is 2. The van der Waals surface area contributed by atoms with Gasteiger partial charge in [0, 0.05) is 49.4 Å². The normalized spacial score (nSPS) is 18.4. The minimum atomic E-state index is -0.363. The number of fused-ring (bicyclic) bond motifs is 1. The minimum absolute atomic E-state index is 0.347. The van der Waals surface area contributed by atoms with Crippen LogP contribution in [0.25, 0.3) is 28.1 Å². The number of pyridine rings is 1. The monoisotopic (exact) mass is 492 g/mol.